The number of rotatable bonds is 21. The topological polar surface area (TPSA) is 6.48 Å². The van der Waals surface area contributed by atoms with E-state index in [9.17, 15) is 0 Å². The first kappa shape index (κ1) is 40.2. The molecule has 5 aromatic rings. The number of anilines is 6. The van der Waals surface area contributed by atoms with Gasteiger partial charge in [-0.15, -0.1) is 0 Å². The molecule has 2 nitrogen and oxygen atoms in total. The minimum Gasteiger partial charge on any atom is -0.309 e. The van der Waals surface area contributed by atoms with Gasteiger partial charge in [0.15, 0.2) is 0 Å². The molecule has 0 aliphatic heterocycles. The Morgan fingerprint density at radius 2 is 0.736 bits per heavy atom. The molecule has 0 spiro atoms. The molecule has 0 aliphatic rings. The molecule has 0 atom stereocenters. The summed E-state index contributed by atoms with van der Waals surface area (Å²) in [5.74, 6) is 0. The summed E-state index contributed by atoms with van der Waals surface area (Å²) in [4.78, 5) is 4.77. The zero-order valence-corrected chi connectivity index (χ0v) is 34.0. The van der Waals surface area contributed by atoms with Crippen LogP contribution in [0, 0.1) is 0 Å². The van der Waals surface area contributed by atoms with Crippen LogP contribution in [0.1, 0.15) is 127 Å². The second-order valence-corrected chi connectivity index (χ2v) is 15.2. The first-order valence-electron chi connectivity index (χ1n) is 20.8. The molecule has 0 fully saturated rings. The van der Waals surface area contributed by atoms with E-state index in [1.165, 1.54) is 97.7 Å². The molecule has 3 heteroatoms. The van der Waals surface area contributed by atoms with Crippen LogP contribution >= 0.6 is 11.6 Å². The van der Waals surface area contributed by atoms with E-state index in [0.717, 1.165) is 65.6 Å². The minimum atomic E-state index is 0.741. The van der Waals surface area contributed by atoms with Crippen LogP contribution in [-0.4, -0.2) is 0 Å². The number of aryl methyl sites for hydroxylation is 5. The number of benzene rings is 5. The Bertz CT molecular complexity index is 1750. The van der Waals surface area contributed by atoms with Crippen LogP contribution in [-0.2, 0) is 32.1 Å². The van der Waals surface area contributed by atoms with E-state index in [4.69, 9.17) is 11.6 Å². The van der Waals surface area contributed by atoms with Crippen molar-refractivity contribution in [1.82, 2.24) is 0 Å². The van der Waals surface area contributed by atoms with E-state index in [0.29, 0.717) is 0 Å². The molecular weight excluding hydrogens is 664 g/mol. The Labute approximate surface area is 327 Å². The number of unbranched alkanes of at least 4 members (excludes halogenated alkanes) is 5. The lowest BCUT2D eigenvalue weighted by Crippen LogP contribution is -2.15. The van der Waals surface area contributed by atoms with Crippen LogP contribution < -0.4 is 9.80 Å². The highest BCUT2D eigenvalue weighted by molar-refractivity contribution is 6.36. The van der Waals surface area contributed by atoms with Gasteiger partial charge in [0.2, 0.25) is 0 Å². The fourth-order valence-electron chi connectivity index (χ4n) is 7.25. The molecule has 0 unspecified atom stereocenters. The molecule has 0 saturated heterocycles. The monoisotopic (exact) mass is 726 g/mol. The van der Waals surface area contributed by atoms with Crippen LogP contribution in [0.25, 0.3) is 0 Å². The van der Waals surface area contributed by atoms with E-state index < -0.39 is 0 Å². The van der Waals surface area contributed by atoms with Gasteiger partial charge in [0.1, 0.15) is 0 Å². The summed E-state index contributed by atoms with van der Waals surface area (Å²) in [7, 11) is 0. The summed E-state index contributed by atoms with van der Waals surface area (Å²) in [5, 5.41) is 0.741. The van der Waals surface area contributed by atoms with Crippen LogP contribution in [0.4, 0.5) is 34.1 Å². The maximum atomic E-state index is 7.78. The summed E-state index contributed by atoms with van der Waals surface area (Å²) in [6.07, 6.45) is 17.3. The number of hydrogen-bond donors (Lipinski definition) is 0. The first-order valence-corrected chi connectivity index (χ1v) is 21.2. The van der Waals surface area contributed by atoms with Gasteiger partial charge in [0.05, 0.1) is 16.4 Å². The van der Waals surface area contributed by atoms with Gasteiger partial charge in [-0.2, -0.15) is 0 Å². The molecule has 0 radical (unpaired) electrons. The molecule has 5 aromatic carbocycles. The molecule has 0 aromatic heterocycles. The third-order valence-corrected chi connectivity index (χ3v) is 10.8. The smallest absolute Gasteiger partial charge is 0.0887 e. The summed E-state index contributed by atoms with van der Waals surface area (Å²) in [5.41, 5.74) is 13.5. The van der Waals surface area contributed by atoms with E-state index in [1.54, 1.807) is 0 Å². The van der Waals surface area contributed by atoms with Crippen molar-refractivity contribution in [1.29, 1.82) is 0 Å². The SMILES string of the molecule is CCCCc1ccc(N(c2ccc(CCCC)cc2)c2cccc(N(c3cccc(CCCC)c3)c3cc(CCCC)cc(CCCC)c3)c2Cl)cc1. The van der Waals surface area contributed by atoms with Crippen molar-refractivity contribution in [3.8, 4) is 0 Å². The Kier molecular flexibility index (Phi) is 15.9. The highest BCUT2D eigenvalue weighted by Crippen LogP contribution is 2.47. The molecule has 0 bridgehead atoms. The maximum Gasteiger partial charge on any atom is 0.0887 e. The molecule has 5 rings (SSSR count). The lowest BCUT2D eigenvalue weighted by molar-refractivity contribution is 0.780. The number of nitrogens with zero attached hydrogens (tertiary/aromatic N) is 2. The van der Waals surface area contributed by atoms with E-state index in [-0.39, 0.29) is 0 Å². The van der Waals surface area contributed by atoms with E-state index in [1.807, 2.05) is 0 Å². The van der Waals surface area contributed by atoms with E-state index in [2.05, 4.69) is 154 Å². The van der Waals surface area contributed by atoms with Crippen molar-refractivity contribution < 1.29 is 0 Å². The summed E-state index contributed by atoms with van der Waals surface area (Å²) in [6, 6.07) is 41.2. The van der Waals surface area contributed by atoms with Crippen molar-refractivity contribution in [3.05, 3.63) is 142 Å². The molecule has 0 heterocycles. The molecule has 280 valence electrons. The van der Waals surface area contributed by atoms with Gasteiger partial charge in [0, 0.05) is 22.7 Å². The third kappa shape index (κ3) is 11.0. The Hall–Kier alpha value is -4.01. The van der Waals surface area contributed by atoms with Crippen molar-refractivity contribution in [2.75, 3.05) is 9.80 Å². The second kappa shape index (κ2) is 21.0. The minimum absolute atomic E-state index is 0.741. The molecule has 0 amide bonds. The molecule has 0 saturated carbocycles. The van der Waals surface area contributed by atoms with Crippen LogP contribution in [0.15, 0.2) is 109 Å². The predicted octanol–water partition coefficient (Wildman–Crippen LogP) is 16.0. The Balaban J connectivity index is 1.69. The predicted molar refractivity (Wildman–Crippen MR) is 234 cm³/mol. The Morgan fingerprint density at radius 3 is 1.19 bits per heavy atom. The van der Waals surface area contributed by atoms with Gasteiger partial charge >= 0.3 is 0 Å². The number of hydrogen-bond acceptors (Lipinski definition) is 2. The summed E-state index contributed by atoms with van der Waals surface area (Å²) in [6.45, 7) is 11.3. The van der Waals surface area contributed by atoms with Gasteiger partial charge in [-0.25, -0.2) is 0 Å². The van der Waals surface area contributed by atoms with Gasteiger partial charge in [-0.3, -0.25) is 0 Å². The van der Waals surface area contributed by atoms with Crippen molar-refractivity contribution in [3.63, 3.8) is 0 Å². The second-order valence-electron chi connectivity index (χ2n) is 14.8. The lowest BCUT2D eigenvalue weighted by atomic mass is 9.99. The van der Waals surface area contributed by atoms with Gasteiger partial charge in [-0.05, 0) is 153 Å². The standard InChI is InChI=1S/C50H63ClN2/c1-6-11-18-39-27-31-44(32-28-39)52(45-33-29-40(30-34-45)19-12-7-2)48-25-17-26-49(50(48)51)53(46-24-16-23-41(36-46)20-13-8-3)47-37-42(21-14-9-4)35-43(38-47)22-15-10-5/h16-17,23-38H,6-15,18-22H2,1-5H3. The fourth-order valence-corrected chi connectivity index (χ4v) is 7.54. The van der Waals surface area contributed by atoms with Gasteiger partial charge in [-0.1, -0.05) is 127 Å². The molecule has 53 heavy (non-hydrogen) atoms. The lowest BCUT2D eigenvalue weighted by Gasteiger charge is -2.31. The van der Waals surface area contributed by atoms with Crippen molar-refractivity contribution >= 4 is 45.7 Å². The number of halogens is 1. The molecular formula is C50H63ClN2. The van der Waals surface area contributed by atoms with Crippen LogP contribution in [0.2, 0.25) is 5.02 Å². The largest absolute Gasteiger partial charge is 0.309 e. The maximum absolute atomic E-state index is 7.78. The average molecular weight is 728 g/mol. The zero-order chi connectivity index (χ0) is 37.4. The summed E-state index contributed by atoms with van der Waals surface area (Å²) < 4.78 is 0. The van der Waals surface area contributed by atoms with Gasteiger partial charge < -0.3 is 9.80 Å². The van der Waals surface area contributed by atoms with Crippen LogP contribution in [0.3, 0.4) is 0 Å². The molecule has 0 aliphatic carbocycles. The van der Waals surface area contributed by atoms with Crippen molar-refractivity contribution in [2.24, 2.45) is 0 Å². The highest BCUT2D eigenvalue weighted by Gasteiger charge is 2.23. The normalized spacial score (nSPS) is 11.2. The highest BCUT2D eigenvalue weighted by atomic mass is 35.5. The van der Waals surface area contributed by atoms with Gasteiger partial charge in [0.25, 0.3) is 0 Å². The zero-order valence-electron chi connectivity index (χ0n) is 33.3. The Morgan fingerprint density at radius 1 is 0.358 bits per heavy atom. The third-order valence-electron chi connectivity index (χ3n) is 10.4. The fraction of sp³-hybridized carbons (Fsp3) is 0.400. The summed E-state index contributed by atoms with van der Waals surface area (Å²) >= 11 is 7.78. The average Bonchev–Trinajstić information content (AvgIpc) is 3.19. The van der Waals surface area contributed by atoms with Crippen molar-refractivity contribution in [2.45, 2.75) is 131 Å². The quantitative estimate of drug-likeness (QED) is 0.0743. The van der Waals surface area contributed by atoms with E-state index >= 15 is 0 Å². The van der Waals surface area contributed by atoms with Crippen LogP contribution in [0.5, 0.6) is 0 Å². The molecule has 0 N–H and O–H groups in total. The first-order chi connectivity index (χ1) is 26.0.